The summed E-state index contributed by atoms with van der Waals surface area (Å²) in [5.74, 6) is 1.76. The predicted molar refractivity (Wildman–Crippen MR) is 80.1 cm³/mol. The molecule has 1 aliphatic heterocycles. The first kappa shape index (κ1) is 14.6. The van der Waals surface area contributed by atoms with Crippen LogP contribution in [0.4, 0.5) is 0 Å². The lowest BCUT2D eigenvalue weighted by Crippen LogP contribution is -2.33. The molecule has 0 bridgehead atoms. The van der Waals surface area contributed by atoms with E-state index >= 15 is 0 Å². The number of fused-ring (bicyclic) bond motifs is 1. The van der Waals surface area contributed by atoms with Crippen LogP contribution >= 0.6 is 11.3 Å². The van der Waals surface area contributed by atoms with Crippen molar-refractivity contribution in [1.29, 1.82) is 0 Å². The van der Waals surface area contributed by atoms with E-state index in [0.29, 0.717) is 12.3 Å². The van der Waals surface area contributed by atoms with Crippen molar-refractivity contribution >= 4 is 21.4 Å². The van der Waals surface area contributed by atoms with Gasteiger partial charge >= 0.3 is 0 Å². The van der Waals surface area contributed by atoms with Crippen LogP contribution in [-0.2, 0) is 23.0 Å². The molecular formula is C13H17N3O3S2. The van der Waals surface area contributed by atoms with Crippen molar-refractivity contribution in [1.82, 2.24) is 14.3 Å². The molecule has 3 heterocycles. The summed E-state index contributed by atoms with van der Waals surface area (Å²) in [6.07, 6.45) is 5.57. The highest BCUT2D eigenvalue weighted by Crippen LogP contribution is 2.29. The maximum absolute atomic E-state index is 12.3. The van der Waals surface area contributed by atoms with Gasteiger partial charge in [0.25, 0.3) is 10.0 Å². The molecule has 0 spiro atoms. The van der Waals surface area contributed by atoms with Gasteiger partial charge in [-0.05, 0) is 23.8 Å². The number of nitrogens with zero attached hydrogens (tertiary/aromatic N) is 2. The molecule has 1 aliphatic rings. The third kappa shape index (κ3) is 2.97. The van der Waals surface area contributed by atoms with Crippen molar-refractivity contribution in [3.63, 3.8) is 0 Å². The Morgan fingerprint density at radius 2 is 2.43 bits per heavy atom. The van der Waals surface area contributed by atoms with Gasteiger partial charge in [0.15, 0.2) is 4.21 Å². The second-order valence-electron chi connectivity index (χ2n) is 5.03. The highest BCUT2D eigenvalue weighted by Gasteiger charge is 2.24. The molecule has 0 amide bonds. The van der Waals surface area contributed by atoms with Gasteiger partial charge in [0.2, 0.25) is 0 Å². The van der Waals surface area contributed by atoms with Crippen molar-refractivity contribution in [3.05, 3.63) is 29.7 Å². The number of aryl methyl sites for hydroxylation is 1. The van der Waals surface area contributed by atoms with Crippen molar-refractivity contribution in [3.8, 4) is 5.75 Å². The van der Waals surface area contributed by atoms with Crippen LogP contribution in [0.1, 0.15) is 12.2 Å². The summed E-state index contributed by atoms with van der Waals surface area (Å²) >= 11 is 1.17. The van der Waals surface area contributed by atoms with Crippen molar-refractivity contribution in [2.24, 2.45) is 5.92 Å². The van der Waals surface area contributed by atoms with Gasteiger partial charge < -0.3 is 9.30 Å². The maximum Gasteiger partial charge on any atom is 0.253 e. The number of rotatable bonds is 5. The number of thiophene rings is 1. The molecule has 0 fully saturated rings. The molecule has 0 aromatic carbocycles. The van der Waals surface area contributed by atoms with Gasteiger partial charge in [0, 0.05) is 31.9 Å². The van der Waals surface area contributed by atoms with Crippen LogP contribution in [-0.4, -0.2) is 31.6 Å². The first-order valence-corrected chi connectivity index (χ1v) is 9.07. The minimum atomic E-state index is -3.50. The SMILES string of the molecule is COc1ccsc1S(=O)(=O)NC[C@H]1CCc2nccn2C1. The number of ether oxygens (including phenoxy) is 1. The lowest BCUT2D eigenvalue weighted by atomic mass is 10.00. The molecule has 2 aromatic rings. The molecule has 6 nitrogen and oxygen atoms in total. The molecule has 0 aliphatic carbocycles. The topological polar surface area (TPSA) is 73.2 Å². The normalized spacial score (nSPS) is 18.4. The van der Waals surface area contributed by atoms with Crippen LogP contribution in [0.5, 0.6) is 5.75 Å². The number of hydrogen-bond donors (Lipinski definition) is 1. The van der Waals surface area contributed by atoms with E-state index in [9.17, 15) is 8.42 Å². The molecule has 21 heavy (non-hydrogen) atoms. The summed E-state index contributed by atoms with van der Waals surface area (Å²) in [6.45, 7) is 1.24. The van der Waals surface area contributed by atoms with E-state index in [1.54, 1.807) is 17.6 Å². The monoisotopic (exact) mass is 327 g/mol. The average Bonchev–Trinajstić information content (AvgIpc) is 3.13. The Morgan fingerprint density at radius 1 is 1.57 bits per heavy atom. The lowest BCUT2D eigenvalue weighted by Gasteiger charge is -2.23. The highest BCUT2D eigenvalue weighted by atomic mass is 32.2. The minimum Gasteiger partial charge on any atom is -0.494 e. The zero-order chi connectivity index (χ0) is 14.9. The van der Waals surface area contributed by atoms with Gasteiger partial charge in [-0.1, -0.05) is 0 Å². The largest absolute Gasteiger partial charge is 0.494 e. The van der Waals surface area contributed by atoms with E-state index in [0.717, 1.165) is 25.2 Å². The second kappa shape index (κ2) is 5.78. The van der Waals surface area contributed by atoms with Gasteiger partial charge in [-0.3, -0.25) is 0 Å². The minimum absolute atomic E-state index is 0.240. The van der Waals surface area contributed by atoms with E-state index in [4.69, 9.17) is 4.74 Å². The van der Waals surface area contributed by atoms with Gasteiger partial charge in [0.05, 0.1) is 7.11 Å². The molecule has 2 aromatic heterocycles. The zero-order valence-corrected chi connectivity index (χ0v) is 13.3. The molecule has 0 saturated carbocycles. The van der Waals surface area contributed by atoms with Crippen molar-refractivity contribution < 1.29 is 13.2 Å². The van der Waals surface area contributed by atoms with E-state index in [2.05, 4.69) is 14.3 Å². The van der Waals surface area contributed by atoms with Crippen LogP contribution in [0.25, 0.3) is 0 Å². The summed E-state index contributed by atoms with van der Waals surface area (Å²) in [7, 11) is -2.03. The number of methoxy groups -OCH3 is 1. The van der Waals surface area contributed by atoms with Gasteiger partial charge in [-0.2, -0.15) is 0 Å². The Kier molecular flexibility index (Phi) is 4.01. The van der Waals surface area contributed by atoms with Gasteiger partial charge in [-0.15, -0.1) is 11.3 Å². The van der Waals surface area contributed by atoms with Crippen molar-refractivity contribution in [2.45, 2.75) is 23.6 Å². The fourth-order valence-electron chi connectivity index (χ4n) is 2.53. The molecule has 0 unspecified atom stereocenters. The maximum atomic E-state index is 12.3. The van der Waals surface area contributed by atoms with E-state index in [1.165, 1.54) is 18.4 Å². The Morgan fingerprint density at radius 3 is 3.24 bits per heavy atom. The Balaban J connectivity index is 1.65. The standard InChI is InChI=1S/C13H17N3O3S2/c1-19-11-4-7-20-13(11)21(17,18)15-8-10-2-3-12-14-5-6-16(12)9-10/h4-7,10,15H,2-3,8-9H2,1H3/t10-/m1/s1. The van der Waals surface area contributed by atoms with Gasteiger partial charge in [-0.25, -0.2) is 18.1 Å². The number of aromatic nitrogens is 2. The van der Waals surface area contributed by atoms with Crippen molar-refractivity contribution in [2.75, 3.05) is 13.7 Å². The third-order valence-corrected chi connectivity index (χ3v) is 6.52. The third-order valence-electron chi connectivity index (χ3n) is 3.65. The van der Waals surface area contributed by atoms with E-state index < -0.39 is 10.0 Å². The smallest absolute Gasteiger partial charge is 0.253 e. The van der Waals surface area contributed by atoms with Gasteiger partial charge in [0.1, 0.15) is 11.6 Å². The predicted octanol–water partition coefficient (Wildman–Crippen LogP) is 1.49. The Labute approximate surface area is 127 Å². The Hall–Kier alpha value is -1.38. The first-order chi connectivity index (χ1) is 10.1. The highest BCUT2D eigenvalue weighted by molar-refractivity contribution is 7.91. The van der Waals surface area contributed by atoms with E-state index in [-0.39, 0.29) is 10.1 Å². The summed E-state index contributed by atoms with van der Waals surface area (Å²) in [5.41, 5.74) is 0. The van der Waals surface area contributed by atoms with Crippen LogP contribution in [0.3, 0.4) is 0 Å². The number of hydrogen-bond acceptors (Lipinski definition) is 5. The molecule has 0 radical (unpaired) electrons. The lowest BCUT2D eigenvalue weighted by molar-refractivity contribution is 0.363. The van der Waals surface area contributed by atoms with Crippen LogP contribution < -0.4 is 9.46 Å². The summed E-state index contributed by atoms with van der Waals surface area (Å²) in [4.78, 5) is 4.27. The average molecular weight is 327 g/mol. The van der Waals surface area contributed by atoms with E-state index in [1.807, 2.05) is 6.20 Å². The fraction of sp³-hybridized carbons (Fsp3) is 0.462. The molecule has 3 rings (SSSR count). The molecule has 1 atom stereocenters. The number of nitrogens with one attached hydrogen (secondary N) is 1. The zero-order valence-electron chi connectivity index (χ0n) is 11.7. The fourth-order valence-corrected chi connectivity index (χ4v) is 4.96. The molecule has 114 valence electrons. The quantitative estimate of drug-likeness (QED) is 0.903. The summed E-state index contributed by atoms with van der Waals surface area (Å²) in [5, 5.41) is 1.71. The van der Waals surface area contributed by atoms with Crippen LogP contribution in [0, 0.1) is 5.92 Å². The van der Waals surface area contributed by atoms with Crippen LogP contribution in [0.15, 0.2) is 28.0 Å². The summed E-state index contributed by atoms with van der Waals surface area (Å²) < 4.78 is 34.7. The molecule has 0 saturated heterocycles. The molecule has 8 heteroatoms. The number of imidazole rings is 1. The second-order valence-corrected chi connectivity index (χ2v) is 7.91. The van der Waals surface area contributed by atoms with Crippen LogP contribution in [0.2, 0.25) is 0 Å². The number of sulfonamides is 1. The molecule has 1 N–H and O–H groups in total. The summed E-state index contributed by atoms with van der Waals surface area (Å²) in [6, 6.07) is 1.66. The molecular weight excluding hydrogens is 310 g/mol. The first-order valence-electron chi connectivity index (χ1n) is 6.71. The Bertz CT molecular complexity index is 721.